The van der Waals surface area contributed by atoms with Crippen molar-refractivity contribution in [3.63, 3.8) is 0 Å². The predicted octanol–water partition coefficient (Wildman–Crippen LogP) is 3.39. The van der Waals surface area contributed by atoms with E-state index in [-0.39, 0.29) is 78.3 Å². The van der Waals surface area contributed by atoms with E-state index < -0.39 is 62.2 Å². The van der Waals surface area contributed by atoms with Gasteiger partial charge in [-0.15, -0.1) is 13.2 Å². The number of nitrogens with two attached hydrogens (primary N) is 2. The number of alkyl halides is 3. The fraction of sp³-hybridized carbons (Fsp3) is 0.459. The van der Waals surface area contributed by atoms with Crippen LogP contribution in [-0.4, -0.2) is 96.1 Å². The van der Waals surface area contributed by atoms with Crippen molar-refractivity contribution in [1.82, 2.24) is 31.0 Å². The third kappa shape index (κ3) is 11.3. The van der Waals surface area contributed by atoms with Crippen molar-refractivity contribution in [3.05, 3.63) is 59.9 Å². The van der Waals surface area contributed by atoms with Crippen molar-refractivity contribution < 1.29 is 59.8 Å². The largest absolute Gasteiger partial charge is 0.573 e. The maximum atomic E-state index is 14.4. The van der Waals surface area contributed by atoms with Crippen LogP contribution in [0.3, 0.4) is 0 Å². The number of anilines is 2. The average molecular weight is 851 g/mol. The summed E-state index contributed by atoms with van der Waals surface area (Å²) in [6.07, 6.45) is -4.44. The van der Waals surface area contributed by atoms with Crippen molar-refractivity contribution in [2.45, 2.75) is 87.1 Å². The van der Waals surface area contributed by atoms with Gasteiger partial charge in [0.15, 0.2) is 43.9 Å². The number of aromatic nitrogens is 2. The molecule has 22 heteroatoms. The number of hydrogen-bond acceptors (Lipinski definition) is 14. The number of halogens is 3. The molecule has 0 aliphatic carbocycles. The monoisotopic (exact) mass is 850 g/mol. The van der Waals surface area contributed by atoms with Crippen LogP contribution in [0.2, 0.25) is 0 Å². The average Bonchev–Trinajstić information content (AvgIpc) is 3.17. The van der Waals surface area contributed by atoms with Crippen molar-refractivity contribution in [3.8, 4) is 17.2 Å². The number of sulfone groups is 1. The number of hydrogen-bond donors (Lipinski definition) is 5. The maximum Gasteiger partial charge on any atom is 0.573 e. The molecule has 0 saturated carbocycles. The molecule has 3 aromatic rings. The third-order valence-corrected chi connectivity index (χ3v) is 11.7. The molecule has 5 rings (SSSR count). The van der Waals surface area contributed by atoms with Gasteiger partial charge in [-0.1, -0.05) is 0 Å². The molecule has 2 aromatic carbocycles. The zero-order valence-corrected chi connectivity index (χ0v) is 33.2. The Morgan fingerprint density at radius 2 is 1.44 bits per heavy atom. The second kappa shape index (κ2) is 18.0. The van der Waals surface area contributed by atoms with Crippen LogP contribution in [0.25, 0.3) is 0 Å². The fourth-order valence-corrected chi connectivity index (χ4v) is 8.18. The Balaban J connectivity index is 1.24. The molecule has 2 aliphatic heterocycles. The van der Waals surface area contributed by atoms with E-state index in [1.54, 1.807) is 20.8 Å². The molecule has 18 nitrogen and oxygen atoms in total. The summed E-state index contributed by atoms with van der Waals surface area (Å²) in [5.41, 5.74) is 12.9. The molecule has 0 bridgehead atoms. The van der Waals surface area contributed by atoms with Gasteiger partial charge >= 0.3 is 6.36 Å². The van der Waals surface area contributed by atoms with E-state index in [1.165, 1.54) is 41.3 Å². The number of ether oxygens (including phenoxy) is 3. The predicted molar refractivity (Wildman–Crippen MR) is 203 cm³/mol. The number of likely N-dealkylation sites (tertiary alicyclic amines) is 1. The van der Waals surface area contributed by atoms with E-state index in [2.05, 4.69) is 30.8 Å². The molecule has 4 amide bonds. The van der Waals surface area contributed by atoms with Gasteiger partial charge in [0.2, 0.25) is 5.91 Å². The summed E-state index contributed by atoms with van der Waals surface area (Å²) in [5.74, 6) is -3.69. The molecule has 3 heterocycles. The number of rotatable bonds is 13. The summed E-state index contributed by atoms with van der Waals surface area (Å²) in [6.45, 7) is 5.17. The van der Waals surface area contributed by atoms with Crippen LogP contribution in [0.15, 0.2) is 53.4 Å². The number of nitrogens with zero attached hydrogens (tertiary/aromatic N) is 3. The second-order valence-corrected chi connectivity index (χ2v) is 17.0. The number of benzene rings is 2. The molecule has 0 radical (unpaired) electrons. The molecule has 1 unspecified atom stereocenters. The lowest BCUT2D eigenvalue weighted by molar-refractivity contribution is -0.274. The summed E-state index contributed by atoms with van der Waals surface area (Å²) in [4.78, 5) is 67.0. The number of hydroxylamine groups is 1. The molecule has 59 heavy (non-hydrogen) atoms. The summed E-state index contributed by atoms with van der Waals surface area (Å²) in [7, 11) is -4.49. The van der Waals surface area contributed by atoms with E-state index in [1.807, 2.05) is 0 Å². The Morgan fingerprint density at radius 1 is 0.881 bits per heavy atom. The molecule has 2 saturated heterocycles. The molecule has 320 valence electrons. The Hall–Kier alpha value is -5.74. The van der Waals surface area contributed by atoms with Crippen LogP contribution >= 0.6 is 0 Å². The lowest BCUT2D eigenvalue weighted by atomic mass is 9.94. The Labute approximate surface area is 337 Å². The highest BCUT2D eigenvalue weighted by atomic mass is 32.2. The van der Waals surface area contributed by atoms with Gasteiger partial charge in [0.25, 0.3) is 17.7 Å². The number of carbonyl (C=O) groups excluding carboxylic acids is 4. The van der Waals surface area contributed by atoms with Crippen molar-refractivity contribution >= 4 is 45.1 Å². The zero-order chi connectivity index (χ0) is 43.2. The molecule has 1 aromatic heterocycles. The molecule has 7 N–H and O–H groups in total. The van der Waals surface area contributed by atoms with Gasteiger partial charge in [0.1, 0.15) is 17.2 Å². The van der Waals surface area contributed by atoms with Crippen LogP contribution < -0.4 is 37.1 Å². The van der Waals surface area contributed by atoms with Gasteiger partial charge in [-0.2, -0.15) is 0 Å². The molecular formula is C37H45F3N8O10S. The van der Waals surface area contributed by atoms with E-state index in [9.17, 15) is 40.8 Å². The van der Waals surface area contributed by atoms with Gasteiger partial charge in [0.05, 0.1) is 4.90 Å². The highest BCUT2D eigenvalue weighted by Gasteiger charge is 2.54. The summed E-state index contributed by atoms with van der Waals surface area (Å²) in [5, 5.41) is 5.19. The lowest BCUT2D eigenvalue weighted by Crippen LogP contribution is -2.59. The summed E-state index contributed by atoms with van der Waals surface area (Å²) < 4.78 is 79.2. The highest BCUT2D eigenvalue weighted by molar-refractivity contribution is 7.93. The number of nitrogen functional groups attached to an aromatic ring is 2. The lowest BCUT2D eigenvalue weighted by Gasteiger charge is -2.40. The molecule has 1 atom stereocenters. The van der Waals surface area contributed by atoms with Crippen LogP contribution in [0.5, 0.6) is 17.2 Å². The first-order chi connectivity index (χ1) is 27.7. The molecule has 2 aliphatic rings. The van der Waals surface area contributed by atoms with Crippen LogP contribution in [0.1, 0.15) is 80.3 Å². The minimum atomic E-state index is -4.87. The highest BCUT2D eigenvalue weighted by Crippen LogP contribution is 2.37. The SMILES string of the molecule is CC(C)(C)NC(=O)c1nc(N)c(C(=O)NCCC(=O)N2CCC(C(=O)NOC3CCCCO3)(S(=O)(=O)c3ccc(Oc4ccc(OC(F)(F)F)cc4)cc3)CC2)nc1N. The first kappa shape index (κ1) is 44.4. The van der Waals surface area contributed by atoms with Crippen LogP contribution in [0.4, 0.5) is 24.8 Å². The molecule has 0 spiro atoms. The van der Waals surface area contributed by atoms with Gasteiger partial charge < -0.3 is 41.2 Å². The Kier molecular flexibility index (Phi) is 13.6. The van der Waals surface area contributed by atoms with Gasteiger partial charge in [-0.25, -0.2) is 28.7 Å². The summed E-state index contributed by atoms with van der Waals surface area (Å²) >= 11 is 0. The molecular weight excluding hydrogens is 806 g/mol. The van der Waals surface area contributed by atoms with Crippen LogP contribution in [0, 0.1) is 0 Å². The standard InChI is InChI=1S/C37H45F3N8O10S/c1-35(2,3)46-33(51)29-31(42)44-28(30(41)45-29)32(50)43-18-15-26(49)48-19-16-36(17-20-48,34(52)47-58-27-6-4-5-21-55-27)59(53,54)25-13-11-23(12-14-25)56-22-7-9-24(10-8-22)57-37(38,39)40/h7-14,27H,4-6,15-21H2,1-3H3,(H2,41,45)(H2,42,44)(H,43,50)(H,46,51)(H,47,52). The van der Waals surface area contributed by atoms with Gasteiger partial charge in [-0.05, 0) is 95.0 Å². The Morgan fingerprint density at radius 3 is 1.98 bits per heavy atom. The maximum absolute atomic E-state index is 14.4. The number of piperidine rings is 1. The van der Waals surface area contributed by atoms with Crippen molar-refractivity contribution in [2.24, 2.45) is 0 Å². The van der Waals surface area contributed by atoms with Crippen molar-refractivity contribution in [2.75, 3.05) is 37.7 Å². The smallest absolute Gasteiger partial charge is 0.457 e. The minimum Gasteiger partial charge on any atom is -0.457 e. The van der Waals surface area contributed by atoms with E-state index in [4.69, 9.17) is 25.8 Å². The third-order valence-electron chi connectivity index (χ3n) is 9.19. The molecule has 2 fully saturated rings. The normalized spacial score (nSPS) is 17.1. The van der Waals surface area contributed by atoms with Crippen molar-refractivity contribution in [1.29, 1.82) is 0 Å². The topological polar surface area (TPSA) is 256 Å². The number of carbonyl (C=O) groups is 4. The summed E-state index contributed by atoms with van der Waals surface area (Å²) in [6, 6.07) is 9.68. The zero-order valence-electron chi connectivity index (χ0n) is 32.4. The fourth-order valence-electron chi connectivity index (χ4n) is 6.23. The first-order valence-corrected chi connectivity index (χ1v) is 19.9. The van der Waals surface area contributed by atoms with Gasteiger partial charge in [0, 0.05) is 44.6 Å². The second-order valence-electron chi connectivity index (χ2n) is 14.7. The minimum absolute atomic E-state index is 0.142. The number of amides is 4. The quantitative estimate of drug-likeness (QED) is 0.155. The first-order valence-electron chi connectivity index (χ1n) is 18.4. The number of nitrogens with one attached hydrogen (secondary N) is 3. The van der Waals surface area contributed by atoms with E-state index in [0.29, 0.717) is 13.0 Å². The Bertz CT molecular complexity index is 2120. The van der Waals surface area contributed by atoms with E-state index >= 15 is 0 Å². The van der Waals surface area contributed by atoms with Crippen LogP contribution in [-0.2, 0) is 29.0 Å². The van der Waals surface area contributed by atoms with E-state index in [0.717, 1.165) is 25.0 Å². The van der Waals surface area contributed by atoms with Gasteiger partial charge in [-0.3, -0.25) is 19.2 Å².